The number of rotatable bonds is 2. The molecule has 0 fully saturated rings. The lowest BCUT2D eigenvalue weighted by atomic mass is 10.0. The maximum atomic E-state index is 12.8. The van der Waals surface area contributed by atoms with Crippen LogP contribution < -0.4 is 10.3 Å². The van der Waals surface area contributed by atoms with Crippen LogP contribution in [0.5, 0.6) is 11.6 Å². The van der Waals surface area contributed by atoms with E-state index in [9.17, 15) is 9.90 Å². The van der Waals surface area contributed by atoms with Gasteiger partial charge in [0.05, 0.1) is 7.11 Å². The van der Waals surface area contributed by atoms with E-state index in [0.717, 1.165) is 24.8 Å². The van der Waals surface area contributed by atoms with Gasteiger partial charge >= 0.3 is 0 Å². The molecule has 2 aromatic rings. The molecule has 0 bridgehead atoms. The third kappa shape index (κ3) is 2.61. The molecule has 1 aromatic carbocycles. The largest absolute Gasteiger partial charge is 0.496 e. The molecule has 1 aliphatic heterocycles. The average molecular weight is 312 g/mol. The molecule has 1 aliphatic rings. The summed E-state index contributed by atoms with van der Waals surface area (Å²) >= 11 is 0. The number of ether oxygens (including phenoxy) is 1. The van der Waals surface area contributed by atoms with Gasteiger partial charge in [-0.3, -0.25) is 9.48 Å². The Morgan fingerprint density at radius 1 is 1.17 bits per heavy atom. The fourth-order valence-corrected chi connectivity index (χ4v) is 3.08. The predicted molar refractivity (Wildman–Crippen MR) is 88.7 cm³/mol. The Labute approximate surface area is 135 Å². The zero-order valence-corrected chi connectivity index (χ0v) is 13.4. The van der Waals surface area contributed by atoms with Gasteiger partial charge in [0, 0.05) is 24.2 Å². The quantitative estimate of drug-likeness (QED) is 0.867. The van der Waals surface area contributed by atoms with Crippen molar-refractivity contribution in [2.75, 3.05) is 7.11 Å². The van der Waals surface area contributed by atoms with Crippen LogP contribution in [-0.2, 0) is 13.1 Å². The first-order valence-electron chi connectivity index (χ1n) is 7.81. The molecule has 2 heterocycles. The van der Waals surface area contributed by atoms with Gasteiger partial charge in [0.25, 0.3) is 5.56 Å². The maximum absolute atomic E-state index is 12.8. The van der Waals surface area contributed by atoms with Crippen LogP contribution in [0.15, 0.2) is 23.0 Å². The van der Waals surface area contributed by atoms with Gasteiger partial charge in [0.2, 0.25) is 5.88 Å². The minimum Gasteiger partial charge on any atom is -0.496 e. The summed E-state index contributed by atoms with van der Waals surface area (Å²) in [6.07, 6.45) is 2.98. The Bertz CT molecular complexity index is 850. The second-order valence-corrected chi connectivity index (χ2v) is 5.60. The molecule has 5 heteroatoms. The lowest BCUT2D eigenvalue weighted by molar-refractivity contribution is 0.365. The molecule has 0 saturated carbocycles. The van der Waals surface area contributed by atoms with Crippen LogP contribution in [0.4, 0.5) is 0 Å². The monoisotopic (exact) mass is 312 g/mol. The van der Waals surface area contributed by atoms with Gasteiger partial charge in [-0.05, 0) is 44.4 Å². The van der Waals surface area contributed by atoms with E-state index in [1.54, 1.807) is 35.5 Å². The molecule has 0 amide bonds. The molecule has 5 nitrogen and oxygen atoms in total. The Morgan fingerprint density at radius 3 is 2.61 bits per heavy atom. The molecule has 1 N–H and O–H groups in total. The van der Waals surface area contributed by atoms with Gasteiger partial charge < -0.3 is 9.84 Å². The second-order valence-electron chi connectivity index (χ2n) is 5.60. The number of aromatic nitrogens is 2. The minimum atomic E-state index is -0.169. The summed E-state index contributed by atoms with van der Waals surface area (Å²) in [4.78, 5) is 12.8. The zero-order valence-electron chi connectivity index (χ0n) is 13.4. The van der Waals surface area contributed by atoms with E-state index in [1.807, 2.05) is 6.07 Å². The lowest BCUT2D eigenvalue weighted by Gasteiger charge is -2.08. The highest BCUT2D eigenvalue weighted by Crippen LogP contribution is 2.35. The molecule has 1 aromatic heterocycles. The number of nitrogens with zero attached hydrogens (tertiary/aromatic N) is 2. The molecule has 0 aliphatic carbocycles. The molecule has 0 saturated heterocycles. The van der Waals surface area contributed by atoms with Gasteiger partial charge in [-0.15, -0.1) is 5.92 Å². The van der Waals surface area contributed by atoms with Crippen LogP contribution >= 0.6 is 0 Å². The summed E-state index contributed by atoms with van der Waals surface area (Å²) < 4.78 is 8.74. The van der Waals surface area contributed by atoms with Gasteiger partial charge in [-0.1, -0.05) is 5.92 Å². The van der Waals surface area contributed by atoms with Gasteiger partial charge in [-0.2, -0.15) is 0 Å². The average Bonchev–Trinajstić information content (AvgIpc) is 2.75. The van der Waals surface area contributed by atoms with Crippen LogP contribution in [0, 0.1) is 11.8 Å². The molecule has 23 heavy (non-hydrogen) atoms. The van der Waals surface area contributed by atoms with E-state index in [1.165, 1.54) is 0 Å². The smallest absolute Gasteiger partial charge is 0.278 e. The summed E-state index contributed by atoms with van der Waals surface area (Å²) in [6.45, 7) is 3.06. The highest BCUT2D eigenvalue weighted by Gasteiger charge is 2.24. The van der Waals surface area contributed by atoms with E-state index in [2.05, 4.69) is 11.8 Å². The normalized spacial score (nSPS) is 13.7. The van der Waals surface area contributed by atoms with Gasteiger partial charge in [0.15, 0.2) is 0 Å². The van der Waals surface area contributed by atoms with E-state index in [0.29, 0.717) is 30.0 Å². The third-order valence-corrected chi connectivity index (χ3v) is 4.19. The van der Waals surface area contributed by atoms with Gasteiger partial charge in [-0.25, -0.2) is 4.68 Å². The first kappa shape index (κ1) is 15.3. The topological polar surface area (TPSA) is 56.4 Å². The first-order valence-corrected chi connectivity index (χ1v) is 7.81. The van der Waals surface area contributed by atoms with Crippen molar-refractivity contribution in [3.05, 3.63) is 34.1 Å². The number of hydrogen-bond acceptors (Lipinski definition) is 3. The molecular formula is C18H20N2O3. The van der Waals surface area contributed by atoms with Crippen molar-refractivity contribution >= 4 is 0 Å². The van der Waals surface area contributed by atoms with Crippen LogP contribution in [0.3, 0.4) is 0 Å². The highest BCUT2D eigenvalue weighted by atomic mass is 16.5. The van der Waals surface area contributed by atoms with E-state index in [4.69, 9.17) is 4.74 Å². The maximum Gasteiger partial charge on any atom is 0.278 e. The van der Waals surface area contributed by atoms with Crippen molar-refractivity contribution < 1.29 is 9.84 Å². The molecule has 3 rings (SSSR count). The highest BCUT2D eigenvalue weighted by molar-refractivity contribution is 5.75. The number of aromatic hydroxyl groups is 1. The second kappa shape index (κ2) is 6.25. The first-order chi connectivity index (χ1) is 11.2. The molecule has 0 unspecified atom stereocenters. The summed E-state index contributed by atoms with van der Waals surface area (Å²) in [5, 5.41) is 10.6. The molecule has 0 spiro atoms. The van der Waals surface area contributed by atoms with Crippen LogP contribution in [0.1, 0.15) is 31.7 Å². The van der Waals surface area contributed by atoms with Crippen molar-refractivity contribution in [1.82, 2.24) is 9.36 Å². The molecule has 120 valence electrons. The zero-order chi connectivity index (χ0) is 16.4. The standard InChI is InChI=1S/C18H20N2O3/c1-3-7-13-8-9-14(15(12-13)23-2)16-17(21)19-10-5-4-6-11-20(19)18(16)22/h8-9,12,21H,4-6,10-11H2,1-2H3. The Kier molecular flexibility index (Phi) is 4.16. The lowest BCUT2D eigenvalue weighted by Crippen LogP contribution is -2.22. The summed E-state index contributed by atoms with van der Waals surface area (Å²) in [5.74, 6) is 6.36. The Hall–Kier alpha value is -2.61. The van der Waals surface area contributed by atoms with E-state index < -0.39 is 0 Å². The summed E-state index contributed by atoms with van der Waals surface area (Å²) in [7, 11) is 1.55. The fourth-order valence-electron chi connectivity index (χ4n) is 3.08. The van der Waals surface area contributed by atoms with Crippen molar-refractivity contribution in [2.45, 2.75) is 39.3 Å². The van der Waals surface area contributed by atoms with E-state index >= 15 is 0 Å². The van der Waals surface area contributed by atoms with E-state index in [-0.39, 0.29) is 11.4 Å². The summed E-state index contributed by atoms with van der Waals surface area (Å²) in [6, 6.07) is 5.41. The van der Waals surface area contributed by atoms with Crippen LogP contribution in [0.2, 0.25) is 0 Å². The number of hydrogen-bond donors (Lipinski definition) is 1. The molecule has 0 radical (unpaired) electrons. The Balaban J connectivity index is 2.19. The number of benzene rings is 1. The SMILES string of the molecule is CC#Cc1ccc(-c2c(O)n3n(c2=O)CCCCC3)c(OC)c1. The fraction of sp³-hybridized carbons (Fsp3) is 0.389. The van der Waals surface area contributed by atoms with Crippen molar-refractivity contribution in [3.8, 4) is 34.6 Å². The number of fused-ring (bicyclic) bond motifs is 1. The number of methoxy groups -OCH3 is 1. The van der Waals surface area contributed by atoms with Crippen molar-refractivity contribution in [2.24, 2.45) is 0 Å². The Morgan fingerprint density at radius 2 is 1.91 bits per heavy atom. The minimum absolute atomic E-state index is 0.0181. The van der Waals surface area contributed by atoms with Gasteiger partial charge in [0.1, 0.15) is 11.3 Å². The van der Waals surface area contributed by atoms with Crippen LogP contribution in [-0.4, -0.2) is 21.6 Å². The third-order valence-electron chi connectivity index (χ3n) is 4.19. The van der Waals surface area contributed by atoms with Crippen LogP contribution in [0.25, 0.3) is 11.1 Å². The summed E-state index contributed by atoms with van der Waals surface area (Å²) in [5.41, 5.74) is 1.55. The molecular weight excluding hydrogens is 292 g/mol. The van der Waals surface area contributed by atoms with Crippen molar-refractivity contribution in [1.29, 1.82) is 0 Å². The predicted octanol–water partition coefficient (Wildman–Crippen LogP) is 2.59. The van der Waals surface area contributed by atoms with Crippen molar-refractivity contribution in [3.63, 3.8) is 0 Å². The molecule has 0 atom stereocenters.